The maximum Gasteiger partial charge on any atom is 0.121 e. The van der Waals surface area contributed by atoms with Crippen molar-refractivity contribution in [2.24, 2.45) is 0 Å². The molecular formula is C15H22O2. The molecule has 2 nitrogen and oxygen atoms in total. The van der Waals surface area contributed by atoms with Gasteiger partial charge in [0.2, 0.25) is 0 Å². The topological polar surface area (TPSA) is 40.5 Å². The third kappa shape index (κ3) is 3.90. The van der Waals surface area contributed by atoms with Crippen LogP contribution < -0.4 is 0 Å². The van der Waals surface area contributed by atoms with Crippen LogP contribution in [0, 0.1) is 0 Å². The zero-order chi connectivity index (χ0) is 12.7. The molecule has 1 aromatic carbocycles. The molecule has 1 unspecified atom stereocenters. The van der Waals surface area contributed by atoms with Gasteiger partial charge < -0.3 is 10.2 Å². The van der Waals surface area contributed by atoms with Crippen molar-refractivity contribution in [1.82, 2.24) is 0 Å². The molecule has 0 saturated heterocycles. The van der Waals surface area contributed by atoms with Gasteiger partial charge in [0.1, 0.15) is 5.75 Å². The number of hydrogen-bond acceptors (Lipinski definition) is 2. The minimum Gasteiger partial charge on any atom is -0.508 e. The van der Waals surface area contributed by atoms with E-state index in [9.17, 15) is 5.11 Å². The zero-order valence-electron chi connectivity index (χ0n) is 10.7. The van der Waals surface area contributed by atoms with E-state index >= 15 is 0 Å². The molecule has 0 aliphatic rings. The van der Waals surface area contributed by atoms with Crippen LogP contribution in [-0.4, -0.2) is 10.2 Å². The lowest BCUT2D eigenvalue weighted by atomic mass is 9.91. The van der Waals surface area contributed by atoms with E-state index in [0.29, 0.717) is 11.5 Å². The van der Waals surface area contributed by atoms with Crippen molar-refractivity contribution in [2.75, 3.05) is 0 Å². The van der Waals surface area contributed by atoms with Crippen LogP contribution in [0.4, 0.5) is 0 Å². The molecule has 17 heavy (non-hydrogen) atoms. The molecule has 0 radical (unpaired) electrons. The molecule has 0 aliphatic heterocycles. The molecule has 2 heteroatoms. The van der Waals surface area contributed by atoms with Gasteiger partial charge in [-0.3, -0.25) is 0 Å². The molecule has 0 spiro atoms. The van der Waals surface area contributed by atoms with Gasteiger partial charge in [-0.05, 0) is 42.9 Å². The van der Waals surface area contributed by atoms with E-state index in [0.717, 1.165) is 19.3 Å². The van der Waals surface area contributed by atoms with E-state index in [1.165, 1.54) is 5.56 Å². The molecule has 0 saturated carbocycles. The van der Waals surface area contributed by atoms with Gasteiger partial charge in [-0.25, -0.2) is 0 Å². The minimum absolute atomic E-state index is 0.110. The summed E-state index contributed by atoms with van der Waals surface area (Å²) < 4.78 is 0. The summed E-state index contributed by atoms with van der Waals surface area (Å²) in [5.41, 5.74) is 1.80. The quantitative estimate of drug-likeness (QED) is 0.736. The van der Waals surface area contributed by atoms with E-state index in [2.05, 4.69) is 26.0 Å². The van der Waals surface area contributed by atoms with Crippen molar-refractivity contribution < 1.29 is 10.2 Å². The van der Waals surface area contributed by atoms with Crippen LogP contribution in [-0.2, 0) is 6.61 Å². The second kappa shape index (κ2) is 7.13. The number of rotatable bonds is 6. The Morgan fingerprint density at radius 2 is 2.00 bits per heavy atom. The Hall–Kier alpha value is -1.28. The third-order valence-electron chi connectivity index (χ3n) is 3.06. The zero-order valence-corrected chi connectivity index (χ0v) is 10.7. The van der Waals surface area contributed by atoms with Gasteiger partial charge in [0.05, 0.1) is 6.61 Å². The smallest absolute Gasteiger partial charge is 0.121 e. The van der Waals surface area contributed by atoms with Gasteiger partial charge in [-0.1, -0.05) is 32.1 Å². The van der Waals surface area contributed by atoms with Gasteiger partial charge in [0, 0.05) is 5.56 Å². The Bertz CT molecular complexity index is 369. The van der Waals surface area contributed by atoms with Crippen molar-refractivity contribution >= 4 is 0 Å². The highest BCUT2D eigenvalue weighted by molar-refractivity contribution is 5.37. The fraction of sp³-hybridized carbons (Fsp3) is 0.467. The molecule has 0 aromatic heterocycles. The minimum atomic E-state index is -0.110. The molecule has 0 bridgehead atoms. The number of aliphatic hydroxyl groups excluding tert-OH is 1. The highest BCUT2D eigenvalue weighted by atomic mass is 16.3. The Morgan fingerprint density at radius 1 is 1.24 bits per heavy atom. The number of hydrogen-bond donors (Lipinski definition) is 2. The molecule has 0 amide bonds. The van der Waals surface area contributed by atoms with E-state index in [1.54, 1.807) is 6.07 Å². The van der Waals surface area contributed by atoms with Gasteiger partial charge in [-0.15, -0.1) is 0 Å². The van der Waals surface area contributed by atoms with E-state index in [1.807, 2.05) is 12.1 Å². The van der Waals surface area contributed by atoms with Crippen LogP contribution in [0.5, 0.6) is 5.75 Å². The fourth-order valence-electron chi connectivity index (χ4n) is 1.95. The summed E-state index contributed by atoms with van der Waals surface area (Å²) in [5.74, 6) is 0.638. The lowest BCUT2D eigenvalue weighted by Crippen LogP contribution is -1.97. The first-order chi connectivity index (χ1) is 8.22. The number of phenols is 1. The van der Waals surface area contributed by atoms with Crippen LogP contribution >= 0.6 is 0 Å². The molecular weight excluding hydrogens is 212 g/mol. The Labute approximate surface area is 104 Å². The van der Waals surface area contributed by atoms with Crippen molar-refractivity contribution in [3.05, 3.63) is 41.5 Å². The van der Waals surface area contributed by atoms with Gasteiger partial charge in [0.15, 0.2) is 0 Å². The van der Waals surface area contributed by atoms with Gasteiger partial charge in [0.25, 0.3) is 0 Å². The van der Waals surface area contributed by atoms with Gasteiger partial charge >= 0.3 is 0 Å². The highest BCUT2D eigenvalue weighted by Crippen LogP contribution is 2.28. The summed E-state index contributed by atoms with van der Waals surface area (Å²) >= 11 is 0. The summed E-state index contributed by atoms with van der Waals surface area (Å²) in [6.45, 7) is 4.18. The fourth-order valence-corrected chi connectivity index (χ4v) is 1.95. The van der Waals surface area contributed by atoms with Crippen LogP contribution in [0.25, 0.3) is 0 Å². The lowest BCUT2D eigenvalue weighted by Gasteiger charge is -2.14. The molecule has 0 heterocycles. The van der Waals surface area contributed by atoms with Crippen molar-refractivity contribution in [3.63, 3.8) is 0 Å². The number of aromatic hydroxyl groups is 1. The van der Waals surface area contributed by atoms with Gasteiger partial charge in [-0.2, -0.15) is 0 Å². The summed E-state index contributed by atoms with van der Waals surface area (Å²) in [5, 5.41) is 18.7. The molecule has 94 valence electrons. The SMILES string of the molecule is CC/C=C\CC(CC)c1ccc(O)c(CO)c1. The summed E-state index contributed by atoms with van der Waals surface area (Å²) in [6.07, 6.45) is 7.52. The molecule has 1 aromatic rings. The predicted octanol–water partition coefficient (Wildman–Crippen LogP) is 3.73. The normalized spacial score (nSPS) is 13.1. The van der Waals surface area contributed by atoms with E-state index in [4.69, 9.17) is 5.11 Å². The van der Waals surface area contributed by atoms with Crippen molar-refractivity contribution in [3.8, 4) is 5.75 Å². The second-order valence-corrected chi connectivity index (χ2v) is 4.27. The first-order valence-electron chi connectivity index (χ1n) is 6.30. The van der Waals surface area contributed by atoms with Crippen LogP contribution in [0.1, 0.15) is 50.2 Å². The standard InChI is InChI=1S/C15H22O2/c1-3-5-6-7-12(4-2)13-8-9-15(17)14(10-13)11-16/h5-6,8-10,12,16-17H,3-4,7,11H2,1-2H3/b6-5-. The van der Waals surface area contributed by atoms with Crippen LogP contribution in [0.15, 0.2) is 30.4 Å². The molecule has 1 atom stereocenters. The maximum absolute atomic E-state index is 9.53. The summed E-state index contributed by atoms with van der Waals surface area (Å²) in [6, 6.07) is 5.53. The van der Waals surface area contributed by atoms with Crippen molar-refractivity contribution in [2.45, 2.75) is 45.6 Å². The maximum atomic E-state index is 9.53. The molecule has 0 fully saturated rings. The monoisotopic (exact) mass is 234 g/mol. The first kappa shape index (κ1) is 13.8. The van der Waals surface area contributed by atoms with Crippen LogP contribution in [0.3, 0.4) is 0 Å². The van der Waals surface area contributed by atoms with E-state index < -0.39 is 0 Å². The molecule has 0 aliphatic carbocycles. The Balaban J connectivity index is 2.84. The largest absolute Gasteiger partial charge is 0.508 e. The molecule has 1 rings (SSSR count). The average molecular weight is 234 g/mol. The van der Waals surface area contributed by atoms with E-state index in [-0.39, 0.29) is 12.4 Å². The molecule has 2 N–H and O–H groups in total. The number of benzene rings is 1. The summed E-state index contributed by atoms with van der Waals surface area (Å²) in [4.78, 5) is 0. The highest BCUT2D eigenvalue weighted by Gasteiger charge is 2.10. The Kier molecular flexibility index (Phi) is 5.78. The Morgan fingerprint density at radius 3 is 2.59 bits per heavy atom. The summed E-state index contributed by atoms with van der Waals surface area (Å²) in [7, 11) is 0. The number of allylic oxidation sites excluding steroid dienone is 2. The second-order valence-electron chi connectivity index (χ2n) is 4.27. The first-order valence-corrected chi connectivity index (χ1v) is 6.30. The third-order valence-corrected chi connectivity index (χ3v) is 3.06. The predicted molar refractivity (Wildman–Crippen MR) is 71.1 cm³/mol. The van der Waals surface area contributed by atoms with Crippen molar-refractivity contribution in [1.29, 1.82) is 0 Å². The lowest BCUT2D eigenvalue weighted by molar-refractivity contribution is 0.275. The average Bonchev–Trinajstić information content (AvgIpc) is 2.36. The number of aliphatic hydroxyl groups is 1. The van der Waals surface area contributed by atoms with Crippen LogP contribution in [0.2, 0.25) is 0 Å².